The maximum atomic E-state index is 13.3. The van der Waals surface area contributed by atoms with Gasteiger partial charge in [-0.25, -0.2) is 13.2 Å². The van der Waals surface area contributed by atoms with Gasteiger partial charge in [0.25, 0.3) is 0 Å². The lowest BCUT2D eigenvalue weighted by Gasteiger charge is -2.26. The summed E-state index contributed by atoms with van der Waals surface area (Å²) in [6.45, 7) is 7.51. The molecule has 3 N–H and O–H groups in total. The van der Waals surface area contributed by atoms with Crippen LogP contribution in [0, 0.1) is 23.2 Å². The second-order valence-electron chi connectivity index (χ2n) is 8.61. The summed E-state index contributed by atoms with van der Waals surface area (Å²) >= 11 is 1.83. The highest BCUT2D eigenvalue weighted by atomic mass is 127. The Morgan fingerprint density at radius 3 is 2.48 bits per heavy atom. The minimum Gasteiger partial charge on any atom is -0.393 e. The average molecular weight is 577 g/mol. The molecule has 1 aromatic rings. The summed E-state index contributed by atoms with van der Waals surface area (Å²) in [6.07, 6.45) is 1.74. The average Bonchev–Trinajstić information content (AvgIpc) is 2.75. The molecule has 1 aromatic heterocycles. The second kappa shape index (κ2) is 12.0. The van der Waals surface area contributed by atoms with Gasteiger partial charge in [0.1, 0.15) is 17.2 Å². The summed E-state index contributed by atoms with van der Waals surface area (Å²) in [4.78, 5) is 8.14. The molecule has 0 amide bonds. The third-order valence-electron chi connectivity index (χ3n) is 6.00. The van der Waals surface area contributed by atoms with Crippen molar-refractivity contribution in [3.05, 3.63) is 30.0 Å². The van der Waals surface area contributed by atoms with Gasteiger partial charge in [0.05, 0.1) is 40.4 Å². The van der Waals surface area contributed by atoms with Crippen LogP contribution < -0.4 is 5.32 Å². The molecule has 6 nitrogen and oxygen atoms in total. The molecule has 4 atom stereocenters. The van der Waals surface area contributed by atoms with Gasteiger partial charge >= 0.3 is 6.18 Å². The predicted octanol–water partition coefficient (Wildman–Crippen LogP) is 6.77. The highest BCUT2D eigenvalue weighted by Crippen LogP contribution is 2.33. The molecule has 0 fully saturated rings. The van der Waals surface area contributed by atoms with Gasteiger partial charge < -0.3 is 10.4 Å². The number of alkyl halides is 3. The molecule has 4 unspecified atom stereocenters. The molecule has 0 radical (unpaired) electrons. The highest BCUT2D eigenvalue weighted by Gasteiger charge is 2.33. The molecule has 0 aliphatic heterocycles. The zero-order valence-electron chi connectivity index (χ0n) is 19.2. The number of nitrogens with one attached hydrogen (secondary N) is 2. The second-order valence-corrected chi connectivity index (χ2v) is 9.09. The fraction of sp³-hybridized carbons (Fsp3) is 0.565. The number of hydrogen-bond acceptors (Lipinski definition) is 5. The Bertz CT molecular complexity index is 929. The van der Waals surface area contributed by atoms with E-state index in [4.69, 9.17) is 5.41 Å². The van der Waals surface area contributed by atoms with E-state index in [1.165, 1.54) is 6.07 Å². The Morgan fingerprint density at radius 1 is 1.18 bits per heavy atom. The summed E-state index contributed by atoms with van der Waals surface area (Å²) in [5.74, 6) is -0.138. The van der Waals surface area contributed by atoms with Crippen molar-refractivity contribution in [1.82, 2.24) is 4.98 Å². The van der Waals surface area contributed by atoms with Crippen LogP contribution >= 0.6 is 22.9 Å². The number of aromatic nitrogens is 1. The van der Waals surface area contributed by atoms with Crippen molar-refractivity contribution in [3.8, 4) is 0 Å². The number of pyridine rings is 1. The molecular formula is C23H31F3IN5O. The van der Waals surface area contributed by atoms with Crippen molar-refractivity contribution >= 4 is 51.6 Å². The van der Waals surface area contributed by atoms with Crippen molar-refractivity contribution in [1.29, 1.82) is 5.41 Å². The van der Waals surface area contributed by atoms with Gasteiger partial charge in [-0.3, -0.25) is 5.41 Å². The zero-order chi connectivity index (χ0) is 24.8. The van der Waals surface area contributed by atoms with E-state index in [0.717, 1.165) is 25.3 Å². The molecule has 0 aromatic carbocycles. The van der Waals surface area contributed by atoms with Crippen LogP contribution in [0.4, 0.5) is 24.7 Å². The first-order valence-electron chi connectivity index (χ1n) is 10.9. The number of anilines is 1. The Hall–Kier alpha value is -1.82. The number of halogens is 4. The number of nitrogens with zero attached hydrogens (tertiary/aromatic N) is 3. The van der Waals surface area contributed by atoms with Crippen LogP contribution in [-0.2, 0) is 6.18 Å². The van der Waals surface area contributed by atoms with E-state index in [1.54, 1.807) is 13.8 Å². The molecule has 0 saturated heterocycles. The summed E-state index contributed by atoms with van der Waals surface area (Å²) in [5, 5.41) is 21.7. The van der Waals surface area contributed by atoms with Gasteiger partial charge in [-0.05, 0) is 57.1 Å². The molecule has 182 valence electrons. The van der Waals surface area contributed by atoms with Gasteiger partial charge in [0.15, 0.2) is 5.82 Å². The van der Waals surface area contributed by atoms with Crippen LogP contribution in [0.3, 0.4) is 0 Å². The summed E-state index contributed by atoms with van der Waals surface area (Å²) in [6, 6.07) is 2.13. The Kier molecular flexibility index (Phi) is 10.0. The summed E-state index contributed by atoms with van der Waals surface area (Å²) < 4.78 is 44.0. The van der Waals surface area contributed by atoms with Crippen LogP contribution in [0.15, 0.2) is 32.5 Å². The Balaban J connectivity index is 2.40. The standard InChI is InChI=1S/C23H31F3IN5O/c1-13-7-5-8-14(2)19(33)10-6-9-17(13)21(28)31-22-18(29-15(3)16(4)32-27)11-12-20(30-22)23(24,25)26/h6,9,11-14,17,19,33H,5,7-8,10H2,1-4H3,(H2,28,30,31)/b9-6+,29-15-,32-16+. The summed E-state index contributed by atoms with van der Waals surface area (Å²) in [5.41, 5.74) is 0.314. The smallest absolute Gasteiger partial charge is 0.393 e. The third kappa shape index (κ3) is 7.87. The fourth-order valence-corrected chi connectivity index (χ4v) is 3.98. The molecule has 33 heavy (non-hydrogen) atoms. The molecule has 10 heteroatoms. The first kappa shape index (κ1) is 27.4. The number of hydrogen-bond donors (Lipinski definition) is 3. The minimum atomic E-state index is -4.62. The predicted molar refractivity (Wildman–Crippen MR) is 136 cm³/mol. The molecular weight excluding hydrogens is 546 g/mol. The largest absolute Gasteiger partial charge is 0.433 e. The van der Waals surface area contributed by atoms with Crippen LogP contribution in [-0.4, -0.2) is 33.5 Å². The normalized spacial score (nSPS) is 26.6. The number of amidine groups is 1. The van der Waals surface area contributed by atoms with E-state index in [9.17, 15) is 18.3 Å². The number of aliphatic hydroxyl groups is 1. The minimum absolute atomic E-state index is 0.0436. The van der Waals surface area contributed by atoms with E-state index >= 15 is 0 Å². The quantitative estimate of drug-likeness (QED) is 0.160. The first-order chi connectivity index (χ1) is 15.4. The van der Waals surface area contributed by atoms with Gasteiger partial charge in [-0.15, -0.1) is 0 Å². The molecule has 2 rings (SSSR count). The van der Waals surface area contributed by atoms with Crippen LogP contribution in [0.5, 0.6) is 0 Å². The van der Waals surface area contributed by atoms with Crippen molar-refractivity contribution in [3.63, 3.8) is 0 Å². The van der Waals surface area contributed by atoms with Crippen LogP contribution in [0.1, 0.15) is 59.1 Å². The maximum Gasteiger partial charge on any atom is 0.433 e. The van der Waals surface area contributed by atoms with Crippen LogP contribution in [0.25, 0.3) is 0 Å². The first-order valence-corrected chi connectivity index (χ1v) is 11.9. The van der Waals surface area contributed by atoms with Crippen molar-refractivity contribution in [2.75, 3.05) is 5.32 Å². The monoisotopic (exact) mass is 577 g/mol. The molecule has 1 aliphatic rings. The molecule has 0 spiro atoms. The lowest BCUT2D eigenvalue weighted by Crippen LogP contribution is -2.28. The Morgan fingerprint density at radius 2 is 1.85 bits per heavy atom. The molecule has 0 bridgehead atoms. The molecule has 1 heterocycles. The molecule has 0 saturated carbocycles. The number of rotatable bonds is 4. The maximum absolute atomic E-state index is 13.3. The zero-order valence-corrected chi connectivity index (χ0v) is 21.4. The van der Waals surface area contributed by atoms with Crippen molar-refractivity contribution < 1.29 is 18.3 Å². The SMILES string of the molecule is CC(=N/c1ccc(C(F)(F)F)nc1NC(=N)C1/C=C/CC(O)C(C)CCCC1C)/C(C)=N/I. The van der Waals surface area contributed by atoms with E-state index in [0.29, 0.717) is 17.8 Å². The third-order valence-corrected chi connectivity index (χ3v) is 6.72. The number of aliphatic hydroxyl groups excluding tert-OH is 1. The van der Waals surface area contributed by atoms with Gasteiger partial charge in [0, 0.05) is 5.92 Å². The fourth-order valence-electron chi connectivity index (χ4n) is 3.63. The van der Waals surface area contributed by atoms with Crippen LogP contribution in [0.2, 0.25) is 0 Å². The van der Waals surface area contributed by atoms with E-state index in [-0.39, 0.29) is 35.1 Å². The topological polar surface area (TPSA) is 93.7 Å². The van der Waals surface area contributed by atoms with Crippen molar-refractivity contribution in [2.24, 2.45) is 26.0 Å². The lowest BCUT2D eigenvalue weighted by molar-refractivity contribution is -0.141. The van der Waals surface area contributed by atoms with Crippen molar-refractivity contribution in [2.45, 2.75) is 65.7 Å². The van der Waals surface area contributed by atoms with E-state index in [2.05, 4.69) is 18.5 Å². The molecule has 1 aliphatic carbocycles. The summed E-state index contributed by atoms with van der Waals surface area (Å²) in [7, 11) is 0. The van der Waals surface area contributed by atoms with Gasteiger partial charge in [0.2, 0.25) is 0 Å². The van der Waals surface area contributed by atoms with Gasteiger partial charge in [-0.1, -0.05) is 32.4 Å². The number of aliphatic imine (C=N–C) groups is 1. The Labute approximate surface area is 206 Å². The van der Waals surface area contributed by atoms with E-state index < -0.39 is 18.0 Å². The van der Waals surface area contributed by atoms with E-state index in [1.807, 2.05) is 48.9 Å². The van der Waals surface area contributed by atoms with Gasteiger partial charge in [-0.2, -0.15) is 13.2 Å². The highest BCUT2D eigenvalue weighted by molar-refractivity contribution is 14.1. The lowest BCUT2D eigenvalue weighted by atomic mass is 9.84.